The predicted molar refractivity (Wildman–Crippen MR) is 91.9 cm³/mol. The highest BCUT2D eigenvalue weighted by Gasteiger charge is 2.36. The second-order valence-corrected chi connectivity index (χ2v) is 7.87. The monoisotopic (exact) mass is 338 g/mol. The van der Waals surface area contributed by atoms with E-state index in [1.807, 2.05) is 27.7 Å². The topological polar surface area (TPSA) is 59.1 Å². The van der Waals surface area contributed by atoms with Crippen LogP contribution in [0.4, 0.5) is 9.59 Å². The molecule has 6 nitrogen and oxygen atoms in total. The minimum atomic E-state index is -0.510. The van der Waals surface area contributed by atoms with E-state index in [0.717, 1.165) is 24.8 Å². The normalized spacial score (nSPS) is 25.2. The molecule has 2 fully saturated rings. The lowest BCUT2D eigenvalue weighted by atomic mass is 10.0. The SMILES string of the molecule is C=C(C)CC1CCN(C2CCCN(C(=O)OC(C)(C)C)C2)C(=O)O1. The van der Waals surface area contributed by atoms with Gasteiger partial charge in [-0.3, -0.25) is 0 Å². The standard InChI is InChI=1S/C18H30N2O4/c1-13(2)11-15-8-10-20(17(22)23-15)14-7-6-9-19(12-14)16(21)24-18(3,4)5/h14-15H,1,6-12H2,2-5H3. The Bertz CT molecular complexity index is 498. The van der Waals surface area contributed by atoms with Crippen molar-refractivity contribution in [1.82, 2.24) is 9.80 Å². The van der Waals surface area contributed by atoms with Crippen LogP contribution in [0.2, 0.25) is 0 Å². The van der Waals surface area contributed by atoms with Gasteiger partial charge in [-0.25, -0.2) is 9.59 Å². The van der Waals surface area contributed by atoms with Crippen LogP contribution in [0, 0.1) is 0 Å². The molecule has 2 aliphatic heterocycles. The molecule has 6 heteroatoms. The van der Waals surface area contributed by atoms with Crippen molar-refractivity contribution >= 4 is 12.2 Å². The van der Waals surface area contributed by atoms with E-state index in [4.69, 9.17) is 9.47 Å². The van der Waals surface area contributed by atoms with Gasteiger partial charge in [-0.05, 0) is 40.5 Å². The molecule has 2 rings (SSSR count). The minimum Gasteiger partial charge on any atom is -0.446 e. The first-order valence-electron chi connectivity index (χ1n) is 8.75. The van der Waals surface area contributed by atoms with Gasteiger partial charge < -0.3 is 19.3 Å². The van der Waals surface area contributed by atoms with Crippen LogP contribution in [0.15, 0.2) is 12.2 Å². The summed E-state index contributed by atoms with van der Waals surface area (Å²) < 4.78 is 11.0. The summed E-state index contributed by atoms with van der Waals surface area (Å²) in [7, 11) is 0. The van der Waals surface area contributed by atoms with Gasteiger partial charge in [0, 0.05) is 32.5 Å². The van der Waals surface area contributed by atoms with E-state index in [1.165, 1.54) is 0 Å². The molecule has 2 atom stereocenters. The Morgan fingerprint density at radius 1 is 1.33 bits per heavy atom. The molecule has 0 N–H and O–H groups in total. The molecule has 2 saturated heterocycles. The number of hydrogen-bond donors (Lipinski definition) is 0. The summed E-state index contributed by atoms with van der Waals surface area (Å²) in [5.74, 6) is 0. The van der Waals surface area contributed by atoms with Crippen molar-refractivity contribution in [3.05, 3.63) is 12.2 Å². The first-order chi connectivity index (χ1) is 11.2. The lowest BCUT2D eigenvalue weighted by Gasteiger charge is -2.42. The molecule has 2 heterocycles. The molecule has 0 spiro atoms. The fraction of sp³-hybridized carbons (Fsp3) is 0.778. The zero-order chi connectivity index (χ0) is 17.9. The van der Waals surface area contributed by atoms with Crippen molar-refractivity contribution in [1.29, 1.82) is 0 Å². The van der Waals surface area contributed by atoms with Crippen molar-refractivity contribution in [3.8, 4) is 0 Å². The average Bonchev–Trinajstić information content (AvgIpc) is 2.45. The van der Waals surface area contributed by atoms with Crippen LogP contribution < -0.4 is 0 Å². The van der Waals surface area contributed by atoms with Crippen molar-refractivity contribution in [2.45, 2.75) is 71.1 Å². The third-order valence-corrected chi connectivity index (χ3v) is 4.26. The van der Waals surface area contributed by atoms with Crippen molar-refractivity contribution in [2.75, 3.05) is 19.6 Å². The molecule has 0 radical (unpaired) electrons. The lowest BCUT2D eigenvalue weighted by Crippen LogP contribution is -2.55. The van der Waals surface area contributed by atoms with E-state index >= 15 is 0 Å². The molecule has 0 aromatic heterocycles. The Kier molecular flexibility index (Phi) is 5.78. The smallest absolute Gasteiger partial charge is 0.410 e. The largest absolute Gasteiger partial charge is 0.446 e. The Hall–Kier alpha value is -1.72. The second kappa shape index (κ2) is 7.45. The van der Waals surface area contributed by atoms with Crippen LogP contribution in [0.25, 0.3) is 0 Å². The maximum atomic E-state index is 12.3. The third kappa shape index (κ3) is 5.14. The first-order valence-corrected chi connectivity index (χ1v) is 8.75. The van der Waals surface area contributed by atoms with Crippen LogP contribution in [0.1, 0.15) is 53.4 Å². The average molecular weight is 338 g/mol. The zero-order valence-corrected chi connectivity index (χ0v) is 15.3. The van der Waals surface area contributed by atoms with Crippen molar-refractivity contribution in [2.24, 2.45) is 0 Å². The van der Waals surface area contributed by atoms with Gasteiger partial charge in [0.25, 0.3) is 0 Å². The Labute approximate surface area is 144 Å². The molecule has 0 saturated carbocycles. The van der Waals surface area contributed by atoms with Gasteiger partial charge >= 0.3 is 12.2 Å². The van der Waals surface area contributed by atoms with Crippen LogP contribution in [-0.2, 0) is 9.47 Å². The number of ether oxygens (including phenoxy) is 2. The molecule has 2 amide bonds. The summed E-state index contributed by atoms with van der Waals surface area (Å²) in [6, 6.07) is 0.00421. The fourth-order valence-electron chi connectivity index (χ4n) is 3.21. The van der Waals surface area contributed by atoms with E-state index in [1.54, 1.807) is 9.80 Å². The molecular formula is C18H30N2O4. The summed E-state index contributed by atoms with van der Waals surface area (Å²) in [5, 5.41) is 0. The summed E-state index contributed by atoms with van der Waals surface area (Å²) in [6.07, 6.45) is 2.62. The maximum Gasteiger partial charge on any atom is 0.410 e. The summed E-state index contributed by atoms with van der Waals surface area (Å²) in [4.78, 5) is 28.1. The van der Waals surface area contributed by atoms with Crippen LogP contribution in [0.3, 0.4) is 0 Å². The van der Waals surface area contributed by atoms with Gasteiger partial charge in [0.05, 0.1) is 6.04 Å². The molecular weight excluding hydrogens is 308 g/mol. The molecule has 24 heavy (non-hydrogen) atoms. The van der Waals surface area contributed by atoms with E-state index in [2.05, 4.69) is 6.58 Å². The van der Waals surface area contributed by atoms with Crippen LogP contribution in [0.5, 0.6) is 0 Å². The van der Waals surface area contributed by atoms with E-state index in [9.17, 15) is 9.59 Å². The lowest BCUT2D eigenvalue weighted by molar-refractivity contribution is -0.0122. The molecule has 2 unspecified atom stereocenters. The van der Waals surface area contributed by atoms with Gasteiger partial charge in [-0.1, -0.05) is 5.57 Å². The molecule has 0 aromatic rings. The quantitative estimate of drug-likeness (QED) is 0.738. The Balaban J connectivity index is 1.91. The molecule has 0 aliphatic carbocycles. The molecule has 136 valence electrons. The van der Waals surface area contributed by atoms with E-state index < -0.39 is 5.60 Å². The first kappa shape index (κ1) is 18.6. The summed E-state index contributed by atoms with van der Waals surface area (Å²) in [6.45, 7) is 13.2. The minimum absolute atomic E-state index is 0.00421. The fourth-order valence-corrected chi connectivity index (χ4v) is 3.21. The van der Waals surface area contributed by atoms with Crippen molar-refractivity contribution in [3.63, 3.8) is 0 Å². The maximum absolute atomic E-state index is 12.3. The highest BCUT2D eigenvalue weighted by atomic mass is 16.6. The zero-order valence-electron chi connectivity index (χ0n) is 15.3. The predicted octanol–water partition coefficient (Wildman–Crippen LogP) is 3.56. The number of carbonyl (C=O) groups is 2. The van der Waals surface area contributed by atoms with Gasteiger partial charge in [-0.15, -0.1) is 6.58 Å². The van der Waals surface area contributed by atoms with E-state index in [-0.39, 0.29) is 24.3 Å². The number of amides is 2. The summed E-state index contributed by atoms with van der Waals surface area (Å²) in [5.41, 5.74) is 0.513. The van der Waals surface area contributed by atoms with Gasteiger partial charge in [-0.2, -0.15) is 0 Å². The number of rotatable bonds is 3. The second-order valence-electron chi connectivity index (χ2n) is 7.87. The van der Waals surface area contributed by atoms with E-state index in [0.29, 0.717) is 26.1 Å². The van der Waals surface area contributed by atoms with Crippen molar-refractivity contribution < 1.29 is 19.1 Å². The highest BCUT2D eigenvalue weighted by molar-refractivity contribution is 5.70. The van der Waals surface area contributed by atoms with Gasteiger partial charge in [0.2, 0.25) is 0 Å². The van der Waals surface area contributed by atoms with Crippen LogP contribution in [-0.4, -0.2) is 59.4 Å². The number of piperidine rings is 1. The number of likely N-dealkylation sites (tertiary alicyclic amines) is 1. The van der Waals surface area contributed by atoms with Gasteiger partial charge in [0.1, 0.15) is 11.7 Å². The highest BCUT2D eigenvalue weighted by Crippen LogP contribution is 2.24. The molecule has 0 aromatic carbocycles. The number of cyclic esters (lactones) is 1. The van der Waals surface area contributed by atoms with Crippen LogP contribution >= 0.6 is 0 Å². The molecule has 2 aliphatic rings. The Morgan fingerprint density at radius 2 is 2.04 bits per heavy atom. The van der Waals surface area contributed by atoms with Gasteiger partial charge in [0.15, 0.2) is 0 Å². The number of carbonyl (C=O) groups excluding carboxylic acids is 2. The Morgan fingerprint density at radius 3 is 2.62 bits per heavy atom. The third-order valence-electron chi connectivity index (χ3n) is 4.26. The molecule has 0 bridgehead atoms. The summed E-state index contributed by atoms with van der Waals surface area (Å²) >= 11 is 0. The number of hydrogen-bond acceptors (Lipinski definition) is 4. The number of nitrogens with zero attached hydrogens (tertiary/aromatic N) is 2.